The molecule has 0 saturated heterocycles. The molecule has 0 bridgehead atoms. The summed E-state index contributed by atoms with van der Waals surface area (Å²) in [5.74, 6) is -1.72. The quantitative estimate of drug-likeness (QED) is 0.484. The Hall–Kier alpha value is -3.90. The lowest BCUT2D eigenvalue weighted by Gasteiger charge is -2.24. The summed E-state index contributed by atoms with van der Waals surface area (Å²) in [6.45, 7) is 4.14. The van der Waals surface area contributed by atoms with Crippen LogP contribution in [0.15, 0.2) is 28.9 Å². The summed E-state index contributed by atoms with van der Waals surface area (Å²) in [7, 11) is 0. The molecule has 0 spiro atoms. The largest absolute Gasteiger partial charge is 0.401 e. The fourth-order valence-electron chi connectivity index (χ4n) is 2.95. The van der Waals surface area contributed by atoms with Crippen LogP contribution in [-0.2, 0) is 23.2 Å². The van der Waals surface area contributed by atoms with Crippen molar-refractivity contribution in [2.24, 2.45) is 5.73 Å². The molecule has 13 heteroatoms. The van der Waals surface area contributed by atoms with E-state index < -0.39 is 29.2 Å². The highest BCUT2D eigenvalue weighted by Crippen LogP contribution is 2.41. The fraction of sp³-hybridized carbons (Fsp3) is 0.350. The number of nitrogens with one attached hydrogen (secondary N) is 1. The first-order chi connectivity index (χ1) is 15.3. The number of aryl methyl sites for hydroxylation is 1. The number of anilines is 2. The van der Waals surface area contributed by atoms with Crippen molar-refractivity contribution in [2.75, 3.05) is 11.1 Å². The molecule has 0 fully saturated rings. The number of carbonyl (C=O) groups is 2. The summed E-state index contributed by atoms with van der Waals surface area (Å²) in [6, 6.07) is 4.17. The second-order valence-corrected chi connectivity index (χ2v) is 7.75. The third kappa shape index (κ3) is 4.66. The van der Waals surface area contributed by atoms with E-state index in [0.717, 1.165) is 19.9 Å². The maximum atomic E-state index is 13.1. The van der Waals surface area contributed by atoms with E-state index >= 15 is 0 Å². The number of amides is 2. The Labute approximate surface area is 186 Å². The summed E-state index contributed by atoms with van der Waals surface area (Å²) >= 11 is 0. The maximum absolute atomic E-state index is 13.1. The Balaban J connectivity index is 1.72. The van der Waals surface area contributed by atoms with Gasteiger partial charge in [-0.05, 0) is 32.9 Å². The van der Waals surface area contributed by atoms with E-state index in [0.29, 0.717) is 17.8 Å². The van der Waals surface area contributed by atoms with Crippen molar-refractivity contribution in [3.05, 3.63) is 41.4 Å². The number of halogens is 3. The molecule has 0 aliphatic heterocycles. The highest BCUT2D eigenvalue weighted by molar-refractivity contribution is 6.03. The number of pyridine rings is 1. The first-order valence-electron chi connectivity index (χ1n) is 9.80. The SMILES string of the molecule is CCn1nc(-c2ccc(CC(=O)Nc3cc(C(C)(C)C(F)(F)F)on3)nc2)c(C(N)=O)c1N. The highest BCUT2D eigenvalue weighted by atomic mass is 19.4. The molecule has 176 valence electrons. The molecule has 0 radical (unpaired) electrons. The van der Waals surface area contributed by atoms with Gasteiger partial charge in [0, 0.05) is 30.1 Å². The van der Waals surface area contributed by atoms with Crippen molar-refractivity contribution < 1.29 is 27.3 Å². The minimum atomic E-state index is -4.55. The first kappa shape index (κ1) is 23.8. The maximum Gasteiger partial charge on any atom is 0.401 e. The Morgan fingerprint density at radius 1 is 1.24 bits per heavy atom. The van der Waals surface area contributed by atoms with Crippen molar-refractivity contribution in [1.29, 1.82) is 0 Å². The number of alkyl halides is 3. The van der Waals surface area contributed by atoms with E-state index in [4.69, 9.17) is 16.0 Å². The van der Waals surface area contributed by atoms with Crippen molar-refractivity contribution in [3.8, 4) is 11.3 Å². The van der Waals surface area contributed by atoms with Crippen LogP contribution >= 0.6 is 0 Å². The number of aromatic nitrogens is 4. The zero-order valence-electron chi connectivity index (χ0n) is 18.0. The van der Waals surface area contributed by atoms with Crippen molar-refractivity contribution in [2.45, 2.75) is 45.3 Å². The van der Waals surface area contributed by atoms with Gasteiger partial charge in [-0.25, -0.2) is 4.68 Å². The number of nitrogen functional groups attached to an aromatic ring is 1. The van der Waals surface area contributed by atoms with Gasteiger partial charge in [0.1, 0.15) is 22.5 Å². The van der Waals surface area contributed by atoms with Gasteiger partial charge in [-0.15, -0.1) is 0 Å². The third-order valence-electron chi connectivity index (χ3n) is 5.08. The summed E-state index contributed by atoms with van der Waals surface area (Å²) in [5.41, 5.74) is 10.3. The molecule has 0 aliphatic carbocycles. The summed E-state index contributed by atoms with van der Waals surface area (Å²) in [6.07, 6.45) is -3.32. The standard InChI is InChI=1S/C20H22F3N7O3/c1-4-30-17(24)15(18(25)32)16(28-30)10-5-6-11(26-9-10)7-14(31)27-13-8-12(33-29-13)19(2,3)20(21,22)23/h5-6,8-9H,4,7,24H2,1-3H3,(H2,25,32)(H,27,29,31). The van der Waals surface area contributed by atoms with Crippen molar-refractivity contribution in [1.82, 2.24) is 19.9 Å². The van der Waals surface area contributed by atoms with Crippen LogP contribution in [0.1, 0.15) is 42.6 Å². The Bertz CT molecular complexity index is 1180. The minimum absolute atomic E-state index is 0.0766. The molecule has 3 rings (SSSR count). The normalized spacial score (nSPS) is 12.1. The number of carbonyl (C=O) groups excluding carboxylic acids is 2. The molecule has 33 heavy (non-hydrogen) atoms. The molecular formula is C20H22F3N7O3. The zero-order valence-corrected chi connectivity index (χ0v) is 18.0. The molecular weight excluding hydrogens is 443 g/mol. The first-order valence-corrected chi connectivity index (χ1v) is 9.80. The van der Waals surface area contributed by atoms with Gasteiger partial charge in [-0.1, -0.05) is 5.16 Å². The van der Waals surface area contributed by atoms with Gasteiger partial charge >= 0.3 is 6.18 Å². The van der Waals surface area contributed by atoms with Crippen LogP contribution in [0.3, 0.4) is 0 Å². The summed E-state index contributed by atoms with van der Waals surface area (Å²) in [4.78, 5) is 28.2. The van der Waals surface area contributed by atoms with Crippen LogP contribution in [-0.4, -0.2) is 37.9 Å². The molecule has 0 unspecified atom stereocenters. The number of nitrogens with zero attached hydrogens (tertiary/aromatic N) is 4. The van der Waals surface area contributed by atoms with E-state index in [9.17, 15) is 22.8 Å². The molecule has 3 aromatic heterocycles. The van der Waals surface area contributed by atoms with E-state index in [1.165, 1.54) is 10.9 Å². The van der Waals surface area contributed by atoms with Crippen LogP contribution in [0, 0.1) is 0 Å². The van der Waals surface area contributed by atoms with Crippen molar-refractivity contribution >= 4 is 23.5 Å². The second-order valence-electron chi connectivity index (χ2n) is 7.75. The Morgan fingerprint density at radius 3 is 2.48 bits per heavy atom. The number of hydrogen-bond acceptors (Lipinski definition) is 7. The van der Waals surface area contributed by atoms with Gasteiger partial charge in [0.25, 0.3) is 5.91 Å². The molecule has 3 heterocycles. The number of hydrogen-bond donors (Lipinski definition) is 3. The predicted molar refractivity (Wildman–Crippen MR) is 112 cm³/mol. The van der Waals surface area contributed by atoms with E-state index in [1.807, 2.05) is 0 Å². The molecule has 0 atom stereocenters. The third-order valence-corrected chi connectivity index (χ3v) is 5.08. The fourth-order valence-corrected chi connectivity index (χ4v) is 2.95. The lowest BCUT2D eigenvalue weighted by atomic mass is 9.89. The van der Waals surface area contributed by atoms with Crippen LogP contribution in [0.25, 0.3) is 11.3 Å². The molecule has 0 saturated carbocycles. The van der Waals surface area contributed by atoms with E-state index in [-0.39, 0.29) is 29.3 Å². The minimum Gasteiger partial charge on any atom is -0.383 e. The average Bonchev–Trinajstić information content (AvgIpc) is 3.32. The van der Waals surface area contributed by atoms with E-state index in [1.54, 1.807) is 19.1 Å². The van der Waals surface area contributed by atoms with Crippen LogP contribution in [0.2, 0.25) is 0 Å². The molecule has 10 nitrogen and oxygen atoms in total. The molecule has 0 aromatic carbocycles. The highest BCUT2D eigenvalue weighted by Gasteiger charge is 2.51. The lowest BCUT2D eigenvalue weighted by molar-refractivity contribution is -0.185. The Kier molecular flexibility index (Phi) is 6.16. The number of nitrogens with two attached hydrogens (primary N) is 2. The summed E-state index contributed by atoms with van der Waals surface area (Å²) in [5, 5.41) is 10.1. The molecule has 0 aliphatic rings. The van der Waals surface area contributed by atoms with Gasteiger partial charge in [0.05, 0.1) is 6.42 Å². The van der Waals surface area contributed by atoms with Crippen LogP contribution in [0.4, 0.5) is 24.8 Å². The average molecular weight is 465 g/mol. The molecule has 2 amide bonds. The predicted octanol–water partition coefficient (Wildman–Crippen LogP) is 2.66. The monoisotopic (exact) mass is 465 g/mol. The van der Waals surface area contributed by atoms with Gasteiger partial charge in [-0.2, -0.15) is 18.3 Å². The van der Waals surface area contributed by atoms with Gasteiger partial charge in [0.2, 0.25) is 5.91 Å². The topological polar surface area (TPSA) is 155 Å². The second kappa shape index (κ2) is 8.56. The smallest absolute Gasteiger partial charge is 0.383 e. The Morgan fingerprint density at radius 2 is 1.94 bits per heavy atom. The molecule has 3 aromatic rings. The molecule has 5 N–H and O–H groups in total. The number of rotatable bonds is 7. The van der Waals surface area contributed by atoms with Crippen molar-refractivity contribution in [3.63, 3.8) is 0 Å². The van der Waals surface area contributed by atoms with Gasteiger partial charge < -0.3 is 21.3 Å². The van der Waals surface area contributed by atoms with E-state index in [2.05, 4.69) is 20.6 Å². The van der Waals surface area contributed by atoms with Crippen LogP contribution < -0.4 is 16.8 Å². The number of primary amides is 1. The van der Waals surface area contributed by atoms with Crippen LogP contribution in [0.5, 0.6) is 0 Å². The summed E-state index contributed by atoms with van der Waals surface area (Å²) < 4.78 is 45.6. The van der Waals surface area contributed by atoms with Gasteiger partial charge in [-0.3, -0.25) is 14.6 Å². The zero-order chi connectivity index (χ0) is 24.6. The lowest BCUT2D eigenvalue weighted by Crippen LogP contribution is -2.35. The van der Waals surface area contributed by atoms with Gasteiger partial charge in [0.15, 0.2) is 11.6 Å².